The minimum absolute atomic E-state index is 0.0960. The highest BCUT2D eigenvalue weighted by atomic mass is 16.4. The molecule has 2 rings (SSSR count). The number of amides is 1. The van der Waals surface area contributed by atoms with Gasteiger partial charge in [0.2, 0.25) is 0 Å². The molecule has 21 heavy (non-hydrogen) atoms. The fourth-order valence-corrected chi connectivity index (χ4v) is 2.09. The lowest BCUT2D eigenvalue weighted by molar-refractivity contribution is -0.136. The molecule has 0 saturated carbocycles. The molecule has 0 saturated heterocycles. The first-order valence-corrected chi connectivity index (χ1v) is 6.65. The van der Waals surface area contributed by atoms with E-state index in [9.17, 15) is 9.59 Å². The maximum Gasteiger partial charge on any atom is 0.305 e. The van der Waals surface area contributed by atoms with E-state index in [1.807, 2.05) is 25.1 Å². The largest absolute Gasteiger partial charge is 0.481 e. The molecule has 0 aliphatic rings. The van der Waals surface area contributed by atoms with Gasteiger partial charge in [0, 0.05) is 12.2 Å². The monoisotopic (exact) mass is 287 g/mol. The number of benzene rings is 1. The van der Waals surface area contributed by atoms with Gasteiger partial charge >= 0.3 is 5.97 Å². The summed E-state index contributed by atoms with van der Waals surface area (Å²) in [4.78, 5) is 24.8. The van der Waals surface area contributed by atoms with Crippen LogP contribution >= 0.6 is 0 Å². The fraction of sp³-hybridized carbons (Fsp3) is 0.250. The van der Waals surface area contributed by atoms with Crippen molar-refractivity contribution < 1.29 is 19.1 Å². The van der Waals surface area contributed by atoms with Crippen molar-refractivity contribution in [3.8, 4) is 0 Å². The van der Waals surface area contributed by atoms with Gasteiger partial charge in [0.05, 0.1) is 6.42 Å². The van der Waals surface area contributed by atoms with Crippen LogP contribution < -0.4 is 4.90 Å². The third-order valence-electron chi connectivity index (χ3n) is 3.15. The standard InChI is InChI=1S/C16H17NO4/c1-11-5-3-4-6-13(11)17(10-9-15(18)19)16(20)14-8-7-12(2)21-14/h3-8H,9-10H2,1-2H3,(H,18,19). The molecule has 5 heteroatoms. The molecule has 1 aromatic heterocycles. The highest BCUT2D eigenvalue weighted by Gasteiger charge is 2.22. The molecule has 0 spiro atoms. The van der Waals surface area contributed by atoms with Crippen molar-refractivity contribution in [1.82, 2.24) is 0 Å². The van der Waals surface area contributed by atoms with Gasteiger partial charge < -0.3 is 14.4 Å². The highest BCUT2D eigenvalue weighted by molar-refractivity contribution is 6.04. The van der Waals surface area contributed by atoms with Crippen molar-refractivity contribution >= 4 is 17.6 Å². The SMILES string of the molecule is Cc1ccc(C(=O)N(CCC(=O)O)c2ccccc2C)o1. The third-order valence-corrected chi connectivity index (χ3v) is 3.15. The Balaban J connectivity index is 2.34. The summed E-state index contributed by atoms with van der Waals surface area (Å²) in [7, 11) is 0. The molecule has 0 bridgehead atoms. The van der Waals surface area contributed by atoms with Crippen molar-refractivity contribution in [1.29, 1.82) is 0 Å². The van der Waals surface area contributed by atoms with Gasteiger partial charge in [-0.2, -0.15) is 0 Å². The molecule has 1 N–H and O–H groups in total. The molecular formula is C16H17NO4. The van der Waals surface area contributed by atoms with Gasteiger partial charge in [0.25, 0.3) is 5.91 Å². The molecule has 1 heterocycles. The number of hydrogen-bond acceptors (Lipinski definition) is 3. The number of carboxylic acids is 1. The Morgan fingerprint density at radius 1 is 1.14 bits per heavy atom. The number of hydrogen-bond donors (Lipinski definition) is 1. The Kier molecular flexibility index (Phi) is 4.42. The summed E-state index contributed by atoms with van der Waals surface area (Å²) < 4.78 is 5.36. The number of aliphatic carboxylic acids is 1. The van der Waals surface area contributed by atoms with Gasteiger partial charge in [-0.05, 0) is 37.6 Å². The molecule has 1 aromatic carbocycles. The van der Waals surface area contributed by atoms with Crippen LogP contribution in [0.2, 0.25) is 0 Å². The first kappa shape index (κ1) is 14.8. The van der Waals surface area contributed by atoms with Crippen LogP contribution in [0, 0.1) is 13.8 Å². The van der Waals surface area contributed by atoms with E-state index < -0.39 is 5.97 Å². The molecule has 2 aromatic rings. The summed E-state index contributed by atoms with van der Waals surface area (Å²) in [5.41, 5.74) is 1.59. The maximum atomic E-state index is 12.6. The molecule has 0 radical (unpaired) electrons. The molecule has 0 aliphatic heterocycles. The summed E-state index contributed by atoms with van der Waals surface area (Å²) in [6, 6.07) is 10.7. The second-order valence-electron chi connectivity index (χ2n) is 4.80. The van der Waals surface area contributed by atoms with Crippen molar-refractivity contribution in [2.45, 2.75) is 20.3 Å². The summed E-state index contributed by atoms with van der Waals surface area (Å²) >= 11 is 0. The number of furan rings is 1. The molecule has 1 amide bonds. The van der Waals surface area contributed by atoms with Crippen LogP contribution in [-0.4, -0.2) is 23.5 Å². The molecule has 0 aliphatic carbocycles. The Bertz CT molecular complexity index is 660. The van der Waals surface area contributed by atoms with Crippen molar-refractivity contribution in [3.63, 3.8) is 0 Å². The quantitative estimate of drug-likeness (QED) is 0.917. The lowest BCUT2D eigenvalue weighted by Crippen LogP contribution is -2.33. The molecule has 0 unspecified atom stereocenters. The normalized spacial score (nSPS) is 10.4. The first-order chi connectivity index (χ1) is 9.99. The number of rotatable bonds is 5. The molecule has 0 atom stereocenters. The number of carbonyl (C=O) groups is 2. The van der Waals surface area contributed by atoms with Gasteiger partial charge in [-0.3, -0.25) is 9.59 Å². The van der Waals surface area contributed by atoms with E-state index >= 15 is 0 Å². The van der Waals surface area contributed by atoms with Crippen LogP contribution in [0.1, 0.15) is 28.3 Å². The third kappa shape index (κ3) is 3.51. The van der Waals surface area contributed by atoms with Crippen LogP contribution in [0.3, 0.4) is 0 Å². The second-order valence-corrected chi connectivity index (χ2v) is 4.80. The molecular weight excluding hydrogens is 270 g/mol. The molecule has 0 fully saturated rings. The van der Waals surface area contributed by atoms with E-state index in [1.54, 1.807) is 25.1 Å². The topological polar surface area (TPSA) is 70.8 Å². The van der Waals surface area contributed by atoms with Gasteiger partial charge in [0.15, 0.2) is 5.76 Å². The lowest BCUT2D eigenvalue weighted by Gasteiger charge is -2.23. The van der Waals surface area contributed by atoms with Gasteiger partial charge in [-0.15, -0.1) is 0 Å². The van der Waals surface area contributed by atoms with E-state index in [1.165, 1.54) is 4.90 Å². The zero-order chi connectivity index (χ0) is 15.4. The number of anilines is 1. The zero-order valence-corrected chi connectivity index (χ0v) is 12.0. The van der Waals surface area contributed by atoms with Crippen LogP contribution in [0.15, 0.2) is 40.8 Å². The number of para-hydroxylation sites is 1. The predicted octanol–water partition coefficient (Wildman–Crippen LogP) is 3.02. The number of aryl methyl sites for hydroxylation is 2. The van der Waals surface area contributed by atoms with Gasteiger partial charge in [-0.1, -0.05) is 18.2 Å². The van der Waals surface area contributed by atoms with E-state index in [0.29, 0.717) is 11.4 Å². The van der Waals surface area contributed by atoms with Gasteiger partial charge in [0.1, 0.15) is 5.76 Å². The molecule has 110 valence electrons. The number of carbonyl (C=O) groups excluding carboxylic acids is 1. The first-order valence-electron chi connectivity index (χ1n) is 6.65. The van der Waals surface area contributed by atoms with E-state index in [-0.39, 0.29) is 24.6 Å². The van der Waals surface area contributed by atoms with Crippen molar-refractivity contribution in [2.75, 3.05) is 11.4 Å². The van der Waals surface area contributed by atoms with Gasteiger partial charge in [-0.25, -0.2) is 0 Å². The average Bonchev–Trinajstić information content (AvgIpc) is 2.87. The maximum absolute atomic E-state index is 12.6. The van der Waals surface area contributed by atoms with E-state index in [4.69, 9.17) is 9.52 Å². The summed E-state index contributed by atoms with van der Waals surface area (Å²) in [6.45, 7) is 3.73. The van der Waals surface area contributed by atoms with Crippen LogP contribution in [0.5, 0.6) is 0 Å². The number of nitrogens with zero attached hydrogens (tertiary/aromatic N) is 1. The predicted molar refractivity (Wildman–Crippen MR) is 78.6 cm³/mol. The van der Waals surface area contributed by atoms with Crippen LogP contribution in [0.4, 0.5) is 5.69 Å². The van der Waals surface area contributed by atoms with Crippen molar-refractivity contribution in [3.05, 3.63) is 53.5 Å². The minimum Gasteiger partial charge on any atom is -0.481 e. The van der Waals surface area contributed by atoms with Crippen LogP contribution in [0.25, 0.3) is 0 Å². The Morgan fingerprint density at radius 2 is 1.86 bits per heavy atom. The zero-order valence-electron chi connectivity index (χ0n) is 12.0. The van der Waals surface area contributed by atoms with Crippen LogP contribution in [-0.2, 0) is 4.79 Å². The Labute approximate surface area is 122 Å². The summed E-state index contributed by atoms with van der Waals surface area (Å²) in [5.74, 6) is -0.432. The fourth-order valence-electron chi connectivity index (χ4n) is 2.09. The summed E-state index contributed by atoms with van der Waals surface area (Å²) in [6.07, 6.45) is -0.125. The Morgan fingerprint density at radius 3 is 2.43 bits per heavy atom. The average molecular weight is 287 g/mol. The van der Waals surface area contributed by atoms with E-state index in [0.717, 1.165) is 5.56 Å². The highest BCUT2D eigenvalue weighted by Crippen LogP contribution is 2.22. The smallest absolute Gasteiger partial charge is 0.305 e. The summed E-state index contributed by atoms with van der Waals surface area (Å²) in [5, 5.41) is 8.87. The minimum atomic E-state index is -0.947. The number of carboxylic acid groups (broad SMARTS) is 1. The second kappa shape index (κ2) is 6.26. The molecule has 5 nitrogen and oxygen atoms in total. The van der Waals surface area contributed by atoms with E-state index in [2.05, 4.69) is 0 Å². The lowest BCUT2D eigenvalue weighted by atomic mass is 10.1. The Hall–Kier alpha value is -2.56. The van der Waals surface area contributed by atoms with Crippen molar-refractivity contribution in [2.24, 2.45) is 0 Å².